The van der Waals surface area contributed by atoms with E-state index in [9.17, 15) is 4.79 Å². The van der Waals surface area contributed by atoms with Gasteiger partial charge < -0.3 is 5.32 Å². The lowest BCUT2D eigenvalue weighted by molar-refractivity contribution is -0.125. The summed E-state index contributed by atoms with van der Waals surface area (Å²) in [6, 6.07) is 1.35. The second-order valence-electron chi connectivity index (χ2n) is 4.56. The van der Waals surface area contributed by atoms with Crippen LogP contribution in [-0.4, -0.2) is 26.2 Å². The number of nitriles is 1. The van der Waals surface area contributed by atoms with Crippen molar-refractivity contribution < 1.29 is 4.79 Å². The molecule has 0 bridgehead atoms. The zero-order valence-electron chi connectivity index (χ0n) is 10.6. The van der Waals surface area contributed by atoms with E-state index in [1.807, 2.05) is 26.8 Å². The normalized spacial score (nSPS) is 12.9. The van der Waals surface area contributed by atoms with E-state index in [4.69, 9.17) is 5.26 Å². The maximum atomic E-state index is 11.9. The topological polar surface area (TPSA) is 83.6 Å². The minimum absolute atomic E-state index is 0.0689. The number of hydrogen-bond donors (Lipinski definition) is 1. The molecule has 1 amide bonds. The first kappa shape index (κ1) is 13.2. The molecule has 0 fully saturated rings. The van der Waals surface area contributed by atoms with Crippen LogP contribution >= 0.6 is 0 Å². The lowest BCUT2D eigenvalue weighted by Gasteiger charge is -2.26. The van der Waals surface area contributed by atoms with Crippen LogP contribution in [0.15, 0.2) is 6.33 Å². The van der Waals surface area contributed by atoms with Crippen molar-refractivity contribution >= 4 is 5.91 Å². The fourth-order valence-corrected chi connectivity index (χ4v) is 1.16. The highest BCUT2D eigenvalue weighted by Crippen LogP contribution is 2.10. The van der Waals surface area contributed by atoms with Crippen LogP contribution in [0.3, 0.4) is 0 Å². The molecule has 92 valence electrons. The van der Waals surface area contributed by atoms with Gasteiger partial charge in [0.15, 0.2) is 0 Å². The fourth-order valence-electron chi connectivity index (χ4n) is 1.16. The minimum Gasteiger partial charge on any atom is -0.349 e. The number of nitrogens with one attached hydrogen (secondary N) is 1. The summed E-state index contributed by atoms with van der Waals surface area (Å²) < 4.78 is 1.39. The van der Waals surface area contributed by atoms with Crippen molar-refractivity contribution in [1.82, 2.24) is 20.1 Å². The largest absolute Gasteiger partial charge is 0.349 e. The first-order valence-electron chi connectivity index (χ1n) is 5.53. The molecule has 6 nitrogen and oxygen atoms in total. The van der Waals surface area contributed by atoms with Crippen LogP contribution in [0.4, 0.5) is 0 Å². The molecule has 0 aliphatic heterocycles. The molecule has 17 heavy (non-hydrogen) atoms. The second-order valence-corrected chi connectivity index (χ2v) is 4.56. The monoisotopic (exact) mass is 235 g/mol. The van der Waals surface area contributed by atoms with E-state index in [-0.39, 0.29) is 17.3 Å². The molecule has 1 rings (SSSR count). The smallest absolute Gasteiger partial charge is 0.252 e. The average molecular weight is 235 g/mol. The Morgan fingerprint density at radius 2 is 2.35 bits per heavy atom. The van der Waals surface area contributed by atoms with Crippen LogP contribution in [-0.2, 0) is 4.79 Å². The second kappa shape index (κ2) is 4.95. The molecular weight excluding hydrogens is 218 g/mol. The van der Waals surface area contributed by atoms with E-state index in [0.717, 1.165) is 6.42 Å². The van der Waals surface area contributed by atoms with Gasteiger partial charge in [-0.1, -0.05) is 6.92 Å². The maximum Gasteiger partial charge on any atom is 0.252 e. The summed E-state index contributed by atoms with van der Waals surface area (Å²) in [5.74, 6) is -0.0642. The van der Waals surface area contributed by atoms with Gasteiger partial charge in [0.2, 0.25) is 5.91 Å². The predicted molar refractivity (Wildman–Crippen MR) is 62.0 cm³/mol. The summed E-state index contributed by atoms with van der Waals surface area (Å²) in [4.78, 5) is 15.7. The van der Waals surface area contributed by atoms with Crippen molar-refractivity contribution in [3.63, 3.8) is 0 Å². The number of hydrogen-bond acceptors (Lipinski definition) is 4. The van der Waals surface area contributed by atoms with Crippen molar-refractivity contribution in [1.29, 1.82) is 5.26 Å². The molecule has 1 heterocycles. The highest BCUT2D eigenvalue weighted by molar-refractivity contribution is 5.80. The molecule has 1 unspecified atom stereocenters. The Balaban J connectivity index is 2.74. The molecule has 0 aliphatic carbocycles. The number of carbonyl (C=O) groups excluding carboxylic acids is 1. The number of carbonyl (C=O) groups is 1. The average Bonchev–Trinajstić information content (AvgIpc) is 2.76. The van der Waals surface area contributed by atoms with Crippen LogP contribution in [0.1, 0.15) is 46.0 Å². The third-order valence-corrected chi connectivity index (χ3v) is 2.73. The molecule has 6 heteroatoms. The quantitative estimate of drug-likeness (QED) is 0.844. The minimum atomic E-state index is -0.476. The van der Waals surface area contributed by atoms with Crippen molar-refractivity contribution in [3.8, 4) is 6.07 Å². The van der Waals surface area contributed by atoms with Gasteiger partial charge in [-0.25, -0.2) is 9.67 Å². The summed E-state index contributed by atoms with van der Waals surface area (Å²) >= 11 is 0. The molecule has 0 spiro atoms. The summed E-state index contributed by atoms with van der Waals surface area (Å²) in [5.41, 5.74) is -0.246. The van der Waals surface area contributed by atoms with E-state index >= 15 is 0 Å². The van der Waals surface area contributed by atoms with Gasteiger partial charge >= 0.3 is 0 Å². The molecule has 1 N–H and O–H groups in total. The first-order valence-corrected chi connectivity index (χ1v) is 5.53. The Labute approximate surface area is 101 Å². The Morgan fingerprint density at radius 1 is 1.71 bits per heavy atom. The van der Waals surface area contributed by atoms with E-state index in [2.05, 4.69) is 15.4 Å². The van der Waals surface area contributed by atoms with E-state index in [1.54, 1.807) is 6.92 Å². The molecule has 0 aromatic carbocycles. The van der Waals surface area contributed by atoms with Crippen LogP contribution in [0.2, 0.25) is 0 Å². The molecule has 0 aliphatic rings. The summed E-state index contributed by atoms with van der Waals surface area (Å²) in [6.07, 6.45) is 2.23. The Hall–Kier alpha value is -1.90. The van der Waals surface area contributed by atoms with Crippen LogP contribution in [0.25, 0.3) is 0 Å². The van der Waals surface area contributed by atoms with Crippen molar-refractivity contribution in [2.75, 3.05) is 0 Å². The standard InChI is InChI=1S/C11H17N5O/c1-5-11(3,4)14-10(17)8(2)16-7-13-9(6-12)15-16/h7-8H,5H2,1-4H3,(H,14,17). The Morgan fingerprint density at radius 3 is 2.82 bits per heavy atom. The Kier molecular flexibility index (Phi) is 3.84. The van der Waals surface area contributed by atoms with E-state index in [0.29, 0.717) is 0 Å². The molecular formula is C11H17N5O. The van der Waals surface area contributed by atoms with E-state index < -0.39 is 6.04 Å². The zero-order valence-corrected chi connectivity index (χ0v) is 10.6. The van der Waals surface area contributed by atoms with Crippen LogP contribution < -0.4 is 5.32 Å². The van der Waals surface area contributed by atoms with Gasteiger partial charge in [-0.2, -0.15) is 5.26 Å². The lowest BCUT2D eigenvalue weighted by Crippen LogP contribution is -2.45. The summed E-state index contributed by atoms with van der Waals surface area (Å²) in [7, 11) is 0. The van der Waals surface area contributed by atoms with Gasteiger partial charge in [0.1, 0.15) is 18.4 Å². The maximum absolute atomic E-state index is 11.9. The predicted octanol–water partition coefficient (Wildman–Crippen LogP) is 1.02. The van der Waals surface area contributed by atoms with E-state index in [1.165, 1.54) is 11.0 Å². The van der Waals surface area contributed by atoms with Gasteiger partial charge in [-0.15, -0.1) is 5.10 Å². The molecule has 0 saturated carbocycles. The molecule has 0 saturated heterocycles. The van der Waals surface area contributed by atoms with Crippen molar-refractivity contribution in [2.45, 2.75) is 45.7 Å². The highest BCUT2D eigenvalue weighted by Gasteiger charge is 2.23. The van der Waals surface area contributed by atoms with Gasteiger partial charge in [0.25, 0.3) is 5.82 Å². The first-order chi connectivity index (χ1) is 7.89. The fraction of sp³-hybridized carbons (Fsp3) is 0.636. The number of rotatable bonds is 4. The molecule has 1 aromatic heterocycles. The number of aromatic nitrogens is 3. The molecule has 0 radical (unpaired) electrons. The third-order valence-electron chi connectivity index (χ3n) is 2.73. The highest BCUT2D eigenvalue weighted by atomic mass is 16.2. The van der Waals surface area contributed by atoms with Crippen molar-refractivity contribution in [2.24, 2.45) is 0 Å². The zero-order chi connectivity index (χ0) is 13.1. The molecule has 1 aromatic rings. The summed E-state index contributed by atoms with van der Waals surface area (Å²) in [5, 5.41) is 15.4. The SMILES string of the molecule is CCC(C)(C)NC(=O)C(C)n1cnc(C#N)n1. The van der Waals surface area contributed by atoms with Gasteiger partial charge in [-0.05, 0) is 27.2 Å². The van der Waals surface area contributed by atoms with Gasteiger partial charge in [0.05, 0.1) is 0 Å². The third kappa shape index (κ3) is 3.28. The van der Waals surface area contributed by atoms with Gasteiger partial charge in [-0.3, -0.25) is 4.79 Å². The van der Waals surface area contributed by atoms with Crippen LogP contribution in [0, 0.1) is 11.3 Å². The van der Waals surface area contributed by atoms with Crippen LogP contribution in [0.5, 0.6) is 0 Å². The Bertz CT molecular complexity index is 443. The number of amides is 1. The molecule has 1 atom stereocenters. The van der Waals surface area contributed by atoms with Gasteiger partial charge in [0, 0.05) is 5.54 Å². The summed E-state index contributed by atoms with van der Waals surface area (Å²) in [6.45, 7) is 7.64. The lowest BCUT2D eigenvalue weighted by atomic mass is 10.0. The number of nitrogens with zero attached hydrogens (tertiary/aromatic N) is 4. The van der Waals surface area contributed by atoms with Crippen molar-refractivity contribution in [3.05, 3.63) is 12.2 Å².